The molecule has 1 aromatic carbocycles. The van der Waals surface area contributed by atoms with Crippen LogP contribution in [0.1, 0.15) is 12.1 Å². The van der Waals surface area contributed by atoms with Crippen molar-refractivity contribution in [2.45, 2.75) is 6.43 Å². The number of ether oxygens (including phenoxy) is 1. The summed E-state index contributed by atoms with van der Waals surface area (Å²) >= 11 is 5.84. The molecule has 6 nitrogen and oxygen atoms in total. The zero-order valence-corrected chi connectivity index (χ0v) is 12.9. The van der Waals surface area contributed by atoms with Crippen LogP contribution in [0.15, 0.2) is 30.7 Å². The van der Waals surface area contributed by atoms with Crippen molar-refractivity contribution < 1.29 is 17.9 Å². The van der Waals surface area contributed by atoms with Gasteiger partial charge in [0.15, 0.2) is 5.82 Å². The SMILES string of the molecule is COc1cc(-c2c(-n3cc(C(F)F)nn3)ccc(Cl)c2F)ncn1. The minimum absolute atomic E-state index is 0.0334. The van der Waals surface area contributed by atoms with Gasteiger partial charge in [-0.25, -0.2) is 27.8 Å². The highest BCUT2D eigenvalue weighted by molar-refractivity contribution is 6.31. The first-order chi connectivity index (χ1) is 11.5. The van der Waals surface area contributed by atoms with E-state index in [0.717, 1.165) is 10.9 Å². The summed E-state index contributed by atoms with van der Waals surface area (Å²) in [6, 6.07) is 4.11. The molecule has 0 unspecified atom stereocenters. The first-order valence-electron chi connectivity index (χ1n) is 6.56. The second kappa shape index (κ2) is 6.44. The molecule has 0 bridgehead atoms. The molecule has 3 rings (SSSR count). The molecule has 10 heteroatoms. The van der Waals surface area contributed by atoms with Crippen LogP contribution in [0.3, 0.4) is 0 Å². The van der Waals surface area contributed by atoms with Gasteiger partial charge in [-0.15, -0.1) is 5.10 Å². The highest BCUT2D eigenvalue weighted by Gasteiger charge is 2.20. The average Bonchev–Trinajstić information content (AvgIpc) is 3.07. The third kappa shape index (κ3) is 2.90. The molecule has 24 heavy (non-hydrogen) atoms. The van der Waals surface area contributed by atoms with Gasteiger partial charge < -0.3 is 4.74 Å². The van der Waals surface area contributed by atoms with Gasteiger partial charge in [0.25, 0.3) is 6.43 Å². The van der Waals surface area contributed by atoms with Crippen LogP contribution in [0.2, 0.25) is 5.02 Å². The number of methoxy groups -OCH3 is 1. The van der Waals surface area contributed by atoms with Gasteiger partial charge in [0.2, 0.25) is 5.88 Å². The number of halogens is 4. The Kier molecular flexibility index (Phi) is 4.34. The second-order valence-corrected chi connectivity index (χ2v) is 5.00. The van der Waals surface area contributed by atoms with Crippen LogP contribution in [-0.4, -0.2) is 32.1 Å². The van der Waals surface area contributed by atoms with E-state index in [-0.39, 0.29) is 27.8 Å². The van der Waals surface area contributed by atoms with Crippen molar-refractivity contribution in [2.75, 3.05) is 7.11 Å². The lowest BCUT2D eigenvalue weighted by molar-refractivity contribution is 0.146. The van der Waals surface area contributed by atoms with E-state index in [1.54, 1.807) is 0 Å². The number of alkyl halides is 2. The Morgan fingerprint density at radius 1 is 1.25 bits per heavy atom. The predicted molar refractivity (Wildman–Crippen MR) is 78.9 cm³/mol. The fourth-order valence-electron chi connectivity index (χ4n) is 2.06. The molecule has 0 amide bonds. The standard InChI is InChI=1S/C14H9ClF3N5O/c1-24-11-4-8(19-6-20-11)12-10(3-2-7(15)13(12)16)23-5-9(14(17)18)21-22-23/h2-6,14H,1H3. The van der Waals surface area contributed by atoms with E-state index in [1.165, 1.54) is 31.6 Å². The second-order valence-electron chi connectivity index (χ2n) is 4.59. The number of hydrogen-bond acceptors (Lipinski definition) is 5. The Morgan fingerprint density at radius 3 is 2.71 bits per heavy atom. The number of benzene rings is 1. The van der Waals surface area contributed by atoms with Gasteiger partial charge in [-0.2, -0.15) is 0 Å². The summed E-state index contributed by atoms with van der Waals surface area (Å²) in [7, 11) is 1.40. The summed E-state index contributed by atoms with van der Waals surface area (Å²) in [5.74, 6) is -0.568. The largest absolute Gasteiger partial charge is 0.481 e. The Balaban J connectivity index is 2.21. The van der Waals surface area contributed by atoms with Crippen LogP contribution in [-0.2, 0) is 0 Å². The van der Waals surface area contributed by atoms with E-state index in [0.29, 0.717) is 0 Å². The zero-order chi connectivity index (χ0) is 17.3. The third-order valence-electron chi connectivity index (χ3n) is 3.16. The Bertz CT molecular complexity index is 887. The Hall–Kier alpha value is -2.68. The normalized spacial score (nSPS) is 11.1. The number of rotatable bonds is 4. The molecule has 0 saturated heterocycles. The lowest BCUT2D eigenvalue weighted by Crippen LogP contribution is -2.02. The number of nitrogens with zero attached hydrogens (tertiary/aromatic N) is 5. The first-order valence-corrected chi connectivity index (χ1v) is 6.94. The Labute approximate surface area is 138 Å². The van der Waals surface area contributed by atoms with E-state index in [2.05, 4.69) is 20.3 Å². The maximum atomic E-state index is 14.6. The lowest BCUT2D eigenvalue weighted by Gasteiger charge is -2.11. The van der Waals surface area contributed by atoms with Crippen molar-refractivity contribution in [3.05, 3.63) is 47.3 Å². The highest BCUT2D eigenvalue weighted by atomic mass is 35.5. The monoisotopic (exact) mass is 355 g/mol. The highest BCUT2D eigenvalue weighted by Crippen LogP contribution is 2.33. The van der Waals surface area contributed by atoms with Gasteiger partial charge in [0.05, 0.1) is 35.3 Å². The number of aromatic nitrogens is 5. The van der Waals surface area contributed by atoms with Gasteiger partial charge in [-0.3, -0.25) is 0 Å². The molecule has 124 valence electrons. The minimum Gasteiger partial charge on any atom is -0.481 e. The molecule has 0 aliphatic rings. The quantitative estimate of drug-likeness (QED) is 0.717. The molecule has 2 aromatic heterocycles. The Morgan fingerprint density at radius 2 is 2.04 bits per heavy atom. The molecule has 0 radical (unpaired) electrons. The molecule has 0 aliphatic carbocycles. The summed E-state index contributed by atoms with van der Waals surface area (Å²) in [5.41, 5.74) is -0.256. The number of hydrogen-bond donors (Lipinski definition) is 0. The van der Waals surface area contributed by atoms with Crippen LogP contribution in [0.4, 0.5) is 13.2 Å². The van der Waals surface area contributed by atoms with Crippen molar-refractivity contribution in [1.82, 2.24) is 25.0 Å². The van der Waals surface area contributed by atoms with Crippen LogP contribution in [0, 0.1) is 5.82 Å². The molecule has 0 spiro atoms. The van der Waals surface area contributed by atoms with Crippen LogP contribution in [0.25, 0.3) is 16.9 Å². The van der Waals surface area contributed by atoms with E-state index in [9.17, 15) is 13.2 Å². The van der Waals surface area contributed by atoms with Crippen LogP contribution < -0.4 is 4.74 Å². The smallest absolute Gasteiger partial charge is 0.283 e. The average molecular weight is 356 g/mol. The van der Waals surface area contributed by atoms with Gasteiger partial charge in [0, 0.05) is 6.07 Å². The van der Waals surface area contributed by atoms with E-state index < -0.39 is 17.9 Å². The minimum atomic E-state index is -2.79. The fourth-order valence-corrected chi connectivity index (χ4v) is 2.21. The van der Waals surface area contributed by atoms with Crippen molar-refractivity contribution in [1.29, 1.82) is 0 Å². The van der Waals surface area contributed by atoms with Crippen molar-refractivity contribution in [3.63, 3.8) is 0 Å². The fraction of sp³-hybridized carbons (Fsp3) is 0.143. The zero-order valence-electron chi connectivity index (χ0n) is 12.1. The van der Waals surface area contributed by atoms with Gasteiger partial charge in [-0.1, -0.05) is 16.8 Å². The molecule has 3 aromatic rings. The maximum Gasteiger partial charge on any atom is 0.283 e. The van der Waals surface area contributed by atoms with Gasteiger partial charge in [0.1, 0.15) is 12.0 Å². The summed E-state index contributed by atoms with van der Waals surface area (Å²) in [5, 5.41) is 6.82. The topological polar surface area (TPSA) is 65.7 Å². The van der Waals surface area contributed by atoms with Crippen LogP contribution >= 0.6 is 11.6 Å². The van der Waals surface area contributed by atoms with Crippen LogP contribution in [0.5, 0.6) is 5.88 Å². The van der Waals surface area contributed by atoms with Crippen molar-refractivity contribution in [3.8, 4) is 22.8 Å². The van der Waals surface area contributed by atoms with E-state index in [4.69, 9.17) is 16.3 Å². The molecule has 0 N–H and O–H groups in total. The maximum absolute atomic E-state index is 14.6. The lowest BCUT2D eigenvalue weighted by atomic mass is 10.1. The van der Waals surface area contributed by atoms with E-state index >= 15 is 0 Å². The van der Waals surface area contributed by atoms with E-state index in [1.807, 2.05) is 0 Å². The van der Waals surface area contributed by atoms with Crippen molar-refractivity contribution in [2.24, 2.45) is 0 Å². The summed E-state index contributed by atoms with van der Waals surface area (Å²) in [6.45, 7) is 0. The van der Waals surface area contributed by atoms with Gasteiger partial charge in [-0.05, 0) is 12.1 Å². The molecule has 0 saturated carbocycles. The van der Waals surface area contributed by atoms with Gasteiger partial charge >= 0.3 is 0 Å². The third-order valence-corrected chi connectivity index (χ3v) is 3.45. The summed E-state index contributed by atoms with van der Waals surface area (Å²) in [6.07, 6.45) is -0.599. The summed E-state index contributed by atoms with van der Waals surface area (Å²) in [4.78, 5) is 7.83. The molecule has 0 atom stereocenters. The summed E-state index contributed by atoms with van der Waals surface area (Å²) < 4.78 is 46.0. The molecule has 0 aliphatic heterocycles. The first kappa shape index (κ1) is 16.2. The van der Waals surface area contributed by atoms with Crippen molar-refractivity contribution >= 4 is 11.6 Å². The predicted octanol–water partition coefficient (Wildman–Crippen LogP) is 3.46. The molecule has 2 heterocycles. The molecular weight excluding hydrogens is 347 g/mol. The molecular formula is C14H9ClF3N5O. The molecule has 0 fully saturated rings.